The van der Waals surface area contributed by atoms with E-state index in [2.05, 4.69) is 10.3 Å². The number of carbonyl (C=O) groups is 1. The average molecular weight is 294 g/mol. The molecule has 1 rings (SSSR count). The van der Waals surface area contributed by atoms with Crippen molar-refractivity contribution in [3.63, 3.8) is 0 Å². The van der Waals surface area contributed by atoms with E-state index in [1.807, 2.05) is 33.8 Å². The lowest BCUT2D eigenvalue weighted by atomic mass is 10.2. The van der Waals surface area contributed by atoms with Gasteiger partial charge in [-0.25, -0.2) is 4.98 Å². The number of aromatic nitrogens is 1. The minimum absolute atomic E-state index is 0.0511. The predicted octanol–water partition coefficient (Wildman–Crippen LogP) is 1.69. The van der Waals surface area contributed by atoms with Crippen LogP contribution in [0.25, 0.3) is 0 Å². The molecule has 20 heavy (non-hydrogen) atoms. The maximum absolute atomic E-state index is 12.2. The van der Waals surface area contributed by atoms with Gasteiger partial charge < -0.3 is 16.0 Å². The number of pyridine rings is 1. The third-order valence-corrected chi connectivity index (χ3v) is 3.28. The van der Waals surface area contributed by atoms with Gasteiger partial charge >= 0.3 is 0 Å². The van der Waals surface area contributed by atoms with Crippen LogP contribution >= 0.6 is 12.2 Å². The normalized spacial score (nSPS) is 11.8. The summed E-state index contributed by atoms with van der Waals surface area (Å²) in [5, 5.41) is 3.11. The fourth-order valence-electron chi connectivity index (χ4n) is 1.98. The number of nitrogens with one attached hydrogen (secondary N) is 1. The zero-order chi connectivity index (χ0) is 15.3. The van der Waals surface area contributed by atoms with Crippen LogP contribution in [0, 0.1) is 6.92 Å². The highest BCUT2D eigenvalue weighted by Crippen LogP contribution is 2.12. The van der Waals surface area contributed by atoms with Crippen LogP contribution in [-0.2, 0) is 4.79 Å². The molecule has 1 unspecified atom stereocenters. The molecule has 0 aromatic carbocycles. The van der Waals surface area contributed by atoms with E-state index in [-0.39, 0.29) is 11.9 Å². The van der Waals surface area contributed by atoms with Crippen LogP contribution in [0.15, 0.2) is 12.1 Å². The van der Waals surface area contributed by atoms with Crippen molar-refractivity contribution >= 4 is 28.9 Å². The SMILES string of the molecule is CCN(CC)C(=O)C(C)Nc1cc(C(N)=S)cc(C)n1. The Morgan fingerprint density at radius 1 is 1.45 bits per heavy atom. The smallest absolute Gasteiger partial charge is 0.244 e. The number of nitrogens with zero attached hydrogens (tertiary/aromatic N) is 2. The molecule has 0 saturated carbocycles. The van der Waals surface area contributed by atoms with E-state index in [9.17, 15) is 4.79 Å². The minimum Gasteiger partial charge on any atom is -0.389 e. The molecule has 0 radical (unpaired) electrons. The van der Waals surface area contributed by atoms with Gasteiger partial charge in [0, 0.05) is 24.3 Å². The summed E-state index contributed by atoms with van der Waals surface area (Å²) in [5.74, 6) is 0.663. The van der Waals surface area contributed by atoms with Gasteiger partial charge in [-0.15, -0.1) is 0 Å². The Balaban J connectivity index is 2.87. The third-order valence-electron chi connectivity index (χ3n) is 3.05. The van der Waals surface area contributed by atoms with Crippen LogP contribution in [0.2, 0.25) is 0 Å². The summed E-state index contributed by atoms with van der Waals surface area (Å²) in [6.45, 7) is 9.00. The quantitative estimate of drug-likeness (QED) is 0.781. The van der Waals surface area contributed by atoms with Crippen LogP contribution in [0.3, 0.4) is 0 Å². The van der Waals surface area contributed by atoms with E-state index < -0.39 is 0 Å². The first-order chi connectivity index (χ1) is 9.38. The number of amides is 1. The lowest BCUT2D eigenvalue weighted by Gasteiger charge is -2.24. The second kappa shape index (κ2) is 7.19. The maximum atomic E-state index is 12.2. The molecule has 0 aliphatic heterocycles. The number of rotatable bonds is 6. The third kappa shape index (κ3) is 4.16. The van der Waals surface area contributed by atoms with Crippen molar-refractivity contribution < 1.29 is 4.79 Å². The number of carbonyl (C=O) groups excluding carboxylic acids is 1. The maximum Gasteiger partial charge on any atom is 0.244 e. The number of hydrogen-bond donors (Lipinski definition) is 2. The molecular weight excluding hydrogens is 272 g/mol. The van der Waals surface area contributed by atoms with Crippen LogP contribution in [-0.4, -0.2) is 39.9 Å². The molecule has 1 atom stereocenters. The molecule has 0 spiro atoms. The zero-order valence-corrected chi connectivity index (χ0v) is 13.3. The van der Waals surface area contributed by atoms with Crippen LogP contribution in [0.1, 0.15) is 32.0 Å². The highest BCUT2D eigenvalue weighted by atomic mass is 32.1. The molecule has 6 heteroatoms. The monoisotopic (exact) mass is 294 g/mol. The Hall–Kier alpha value is -1.69. The molecular formula is C14H22N4OS. The van der Waals surface area contributed by atoms with E-state index in [0.717, 1.165) is 11.3 Å². The first-order valence-electron chi connectivity index (χ1n) is 6.72. The van der Waals surface area contributed by atoms with Crippen molar-refractivity contribution in [1.29, 1.82) is 0 Å². The van der Waals surface area contributed by atoms with Crippen molar-refractivity contribution in [1.82, 2.24) is 9.88 Å². The first-order valence-corrected chi connectivity index (χ1v) is 7.13. The molecule has 0 bridgehead atoms. The van der Waals surface area contributed by atoms with E-state index in [0.29, 0.717) is 23.9 Å². The molecule has 1 heterocycles. The van der Waals surface area contributed by atoms with Gasteiger partial charge in [0.2, 0.25) is 5.91 Å². The molecule has 5 nitrogen and oxygen atoms in total. The summed E-state index contributed by atoms with van der Waals surface area (Å²) in [5.41, 5.74) is 7.19. The Labute approximate surface area is 125 Å². The topological polar surface area (TPSA) is 71.2 Å². The van der Waals surface area contributed by atoms with E-state index in [1.165, 1.54) is 0 Å². The van der Waals surface area contributed by atoms with Gasteiger partial charge in [0.15, 0.2) is 0 Å². The lowest BCUT2D eigenvalue weighted by molar-refractivity contribution is -0.131. The van der Waals surface area contributed by atoms with Crippen LogP contribution in [0.4, 0.5) is 5.82 Å². The summed E-state index contributed by atoms with van der Waals surface area (Å²) in [7, 11) is 0. The minimum atomic E-state index is -0.344. The second-order valence-corrected chi connectivity index (χ2v) is 5.06. The molecule has 0 aliphatic rings. The summed E-state index contributed by atoms with van der Waals surface area (Å²) in [4.78, 5) is 18.7. The van der Waals surface area contributed by atoms with Crippen molar-refractivity contribution in [2.24, 2.45) is 5.73 Å². The van der Waals surface area contributed by atoms with Gasteiger partial charge in [0.1, 0.15) is 16.8 Å². The van der Waals surface area contributed by atoms with Gasteiger partial charge in [0.05, 0.1) is 0 Å². The predicted molar refractivity (Wildman–Crippen MR) is 85.9 cm³/mol. The van der Waals surface area contributed by atoms with Crippen LogP contribution in [0.5, 0.6) is 0 Å². The molecule has 0 saturated heterocycles. The van der Waals surface area contributed by atoms with Crippen molar-refractivity contribution in [3.8, 4) is 0 Å². The summed E-state index contributed by atoms with van der Waals surface area (Å²) >= 11 is 4.97. The largest absolute Gasteiger partial charge is 0.389 e. The van der Waals surface area contributed by atoms with Gasteiger partial charge in [-0.2, -0.15) is 0 Å². The van der Waals surface area contributed by atoms with Crippen molar-refractivity contribution in [3.05, 3.63) is 23.4 Å². The lowest BCUT2D eigenvalue weighted by Crippen LogP contribution is -2.41. The molecule has 0 fully saturated rings. The standard InChI is InChI=1S/C14H22N4OS/c1-5-18(6-2)14(19)10(4)17-12-8-11(13(15)20)7-9(3)16-12/h7-8,10H,5-6H2,1-4H3,(H2,15,20)(H,16,17). The Kier molecular flexibility index (Phi) is 5.88. The van der Waals surface area contributed by atoms with Crippen molar-refractivity contribution in [2.45, 2.75) is 33.7 Å². The first kappa shape index (κ1) is 16.4. The summed E-state index contributed by atoms with van der Waals surface area (Å²) < 4.78 is 0. The molecule has 1 aromatic rings. The molecule has 0 aliphatic carbocycles. The van der Waals surface area contributed by atoms with E-state index >= 15 is 0 Å². The Morgan fingerprint density at radius 3 is 2.55 bits per heavy atom. The zero-order valence-electron chi connectivity index (χ0n) is 12.4. The Morgan fingerprint density at radius 2 is 2.05 bits per heavy atom. The average Bonchev–Trinajstić information content (AvgIpc) is 2.39. The molecule has 1 amide bonds. The fourth-order valence-corrected chi connectivity index (χ4v) is 2.10. The highest BCUT2D eigenvalue weighted by Gasteiger charge is 2.18. The van der Waals surface area contributed by atoms with E-state index in [4.69, 9.17) is 18.0 Å². The van der Waals surface area contributed by atoms with Gasteiger partial charge in [-0.3, -0.25) is 4.79 Å². The number of aryl methyl sites for hydroxylation is 1. The van der Waals surface area contributed by atoms with Gasteiger partial charge in [-0.05, 0) is 39.8 Å². The second-order valence-electron chi connectivity index (χ2n) is 4.62. The van der Waals surface area contributed by atoms with Gasteiger partial charge in [0.25, 0.3) is 0 Å². The summed E-state index contributed by atoms with van der Waals surface area (Å²) in [6.07, 6.45) is 0. The highest BCUT2D eigenvalue weighted by molar-refractivity contribution is 7.80. The number of anilines is 1. The van der Waals surface area contributed by atoms with Crippen molar-refractivity contribution in [2.75, 3.05) is 18.4 Å². The molecule has 1 aromatic heterocycles. The number of thiocarbonyl (C=S) groups is 1. The number of likely N-dealkylation sites (N-methyl/N-ethyl adjacent to an activating group) is 1. The van der Waals surface area contributed by atoms with E-state index in [1.54, 1.807) is 11.0 Å². The van der Waals surface area contributed by atoms with Crippen LogP contribution < -0.4 is 11.1 Å². The molecule has 110 valence electrons. The Bertz CT molecular complexity index is 500. The number of nitrogens with two attached hydrogens (primary N) is 1. The number of hydrogen-bond acceptors (Lipinski definition) is 4. The summed E-state index contributed by atoms with van der Waals surface area (Å²) in [6, 6.07) is 3.24. The molecule has 3 N–H and O–H groups in total. The van der Waals surface area contributed by atoms with Gasteiger partial charge in [-0.1, -0.05) is 12.2 Å². The fraction of sp³-hybridized carbons (Fsp3) is 0.500.